The second-order valence-electron chi connectivity index (χ2n) is 5.12. The van der Waals surface area contributed by atoms with Gasteiger partial charge in [-0.3, -0.25) is 0 Å². The molecule has 0 fully saturated rings. The molecule has 0 amide bonds. The van der Waals surface area contributed by atoms with Crippen LogP contribution in [0.25, 0.3) is 11.3 Å². The fourth-order valence-corrected chi connectivity index (χ4v) is 3.84. The van der Waals surface area contributed by atoms with E-state index in [1.54, 1.807) is 17.7 Å². The van der Waals surface area contributed by atoms with E-state index in [1.807, 2.05) is 18.3 Å². The van der Waals surface area contributed by atoms with Gasteiger partial charge < -0.3 is 4.98 Å². The second-order valence-corrected chi connectivity index (χ2v) is 6.28. The van der Waals surface area contributed by atoms with E-state index in [2.05, 4.69) is 22.1 Å². The van der Waals surface area contributed by atoms with Crippen LogP contribution in [0.15, 0.2) is 30.7 Å². The molecule has 0 saturated heterocycles. The number of fused-ring (bicyclic) bond motifs is 3. The predicted octanol–water partition coefficient (Wildman–Crippen LogP) is 3.09. The zero-order valence-electron chi connectivity index (χ0n) is 11.3. The van der Waals surface area contributed by atoms with Gasteiger partial charge in [0.1, 0.15) is 0 Å². The highest BCUT2D eigenvalue weighted by Gasteiger charge is 2.21. The van der Waals surface area contributed by atoms with Gasteiger partial charge in [-0.25, -0.2) is 9.97 Å². The first-order chi connectivity index (χ1) is 10.3. The van der Waals surface area contributed by atoms with Crippen LogP contribution in [0.3, 0.4) is 0 Å². The van der Waals surface area contributed by atoms with Gasteiger partial charge >= 0.3 is 0 Å². The molecule has 4 rings (SSSR count). The quantitative estimate of drug-likeness (QED) is 0.789. The van der Waals surface area contributed by atoms with Crippen molar-refractivity contribution in [3.05, 3.63) is 57.4 Å². The van der Waals surface area contributed by atoms with Crippen molar-refractivity contribution in [1.82, 2.24) is 15.0 Å². The van der Waals surface area contributed by atoms with Crippen LogP contribution < -0.4 is 0 Å². The number of imidazole rings is 1. The SMILES string of the molecule is N#Cc1ccc2c(c1)-c1nc(Cc3cnc[nH]3)sc1CC2. The number of nitrogens with zero attached hydrogens (tertiary/aromatic N) is 3. The summed E-state index contributed by atoms with van der Waals surface area (Å²) in [6.07, 6.45) is 6.37. The molecule has 5 heteroatoms. The summed E-state index contributed by atoms with van der Waals surface area (Å²) in [5.74, 6) is 0. The molecular formula is C16H12N4S. The van der Waals surface area contributed by atoms with Crippen molar-refractivity contribution in [2.75, 3.05) is 0 Å². The minimum absolute atomic E-state index is 0.699. The van der Waals surface area contributed by atoms with Crippen LogP contribution in [-0.4, -0.2) is 15.0 Å². The largest absolute Gasteiger partial charge is 0.348 e. The standard InChI is InChI=1S/C16H12N4S/c17-7-10-1-2-11-3-4-14-16(13(11)5-10)20-15(21-14)6-12-8-18-9-19-12/h1-2,5,8-9H,3-4,6H2,(H,18,19). The van der Waals surface area contributed by atoms with Crippen molar-refractivity contribution < 1.29 is 0 Å². The van der Waals surface area contributed by atoms with Crippen molar-refractivity contribution in [3.63, 3.8) is 0 Å². The van der Waals surface area contributed by atoms with Crippen molar-refractivity contribution in [1.29, 1.82) is 5.26 Å². The number of thiazole rings is 1. The molecule has 0 bridgehead atoms. The maximum atomic E-state index is 9.08. The highest BCUT2D eigenvalue weighted by Crippen LogP contribution is 2.37. The molecule has 2 heterocycles. The zero-order chi connectivity index (χ0) is 14.2. The monoisotopic (exact) mass is 292 g/mol. The molecule has 0 saturated carbocycles. The molecular weight excluding hydrogens is 280 g/mol. The molecule has 1 aliphatic rings. The van der Waals surface area contributed by atoms with Crippen LogP contribution in [0.4, 0.5) is 0 Å². The summed E-state index contributed by atoms with van der Waals surface area (Å²) in [5.41, 5.74) is 5.26. The van der Waals surface area contributed by atoms with Crippen LogP contribution >= 0.6 is 11.3 Å². The summed E-state index contributed by atoms with van der Waals surface area (Å²) < 4.78 is 0. The molecule has 4 nitrogen and oxygen atoms in total. The Bertz CT molecular complexity index is 840. The number of hydrogen-bond donors (Lipinski definition) is 1. The van der Waals surface area contributed by atoms with Crippen LogP contribution in [0.1, 0.15) is 26.7 Å². The molecule has 21 heavy (non-hydrogen) atoms. The smallest absolute Gasteiger partial charge is 0.0994 e. The maximum absolute atomic E-state index is 9.08. The lowest BCUT2D eigenvalue weighted by molar-refractivity contribution is 0.952. The Morgan fingerprint density at radius 1 is 1.33 bits per heavy atom. The highest BCUT2D eigenvalue weighted by molar-refractivity contribution is 7.12. The molecule has 0 spiro atoms. The third kappa shape index (κ3) is 2.14. The van der Waals surface area contributed by atoms with Gasteiger partial charge in [0.2, 0.25) is 0 Å². The molecule has 0 atom stereocenters. The van der Waals surface area contributed by atoms with Crippen molar-refractivity contribution in [3.8, 4) is 17.3 Å². The summed E-state index contributed by atoms with van der Waals surface area (Å²) in [5, 5.41) is 10.2. The van der Waals surface area contributed by atoms with Gasteiger partial charge in [0, 0.05) is 28.8 Å². The Morgan fingerprint density at radius 2 is 2.29 bits per heavy atom. The van der Waals surface area contributed by atoms with Crippen molar-refractivity contribution in [2.24, 2.45) is 0 Å². The Morgan fingerprint density at radius 3 is 3.10 bits per heavy atom. The number of nitrogens with one attached hydrogen (secondary N) is 1. The van der Waals surface area contributed by atoms with E-state index in [0.717, 1.165) is 41.2 Å². The van der Waals surface area contributed by atoms with E-state index in [-0.39, 0.29) is 0 Å². The predicted molar refractivity (Wildman–Crippen MR) is 81.1 cm³/mol. The Labute approximate surface area is 126 Å². The summed E-state index contributed by atoms with van der Waals surface area (Å²) in [4.78, 5) is 13.3. The van der Waals surface area contributed by atoms with Gasteiger partial charge in [-0.1, -0.05) is 6.07 Å². The fourth-order valence-electron chi connectivity index (χ4n) is 2.73. The van der Waals surface area contributed by atoms with E-state index in [4.69, 9.17) is 10.2 Å². The molecule has 1 N–H and O–H groups in total. The third-order valence-corrected chi connectivity index (χ3v) is 4.87. The number of hydrogen-bond acceptors (Lipinski definition) is 4. The second kappa shape index (κ2) is 4.83. The molecule has 0 unspecified atom stereocenters. The number of aromatic amines is 1. The lowest BCUT2D eigenvalue weighted by atomic mass is 9.92. The summed E-state index contributed by atoms with van der Waals surface area (Å²) in [6, 6.07) is 8.13. The van der Waals surface area contributed by atoms with Crippen molar-refractivity contribution in [2.45, 2.75) is 19.3 Å². The highest BCUT2D eigenvalue weighted by atomic mass is 32.1. The molecule has 102 valence electrons. The first-order valence-electron chi connectivity index (χ1n) is 6.83. The Hall–Kier alpha value is -2.45. The topological polar surface area (TPSA) is 65.4 Å². The number of H-pyrrole nitrogens is 1. The molecule has 0 aliphatic heterocycles. The van der Waals surface area contributed by atoms with Crippen LogP contribution in [-0.2, 0) is 19.3 Å². The van der Waals surface area contributed by atoms with Gasteiger partial charge in [-0.2, -0.15) is 5.26 Å². The summed E-state index contributed by atoms with van der Waals surface area (Å²) >= 11 is 1.77. The fraction of sp³-hybridized carbons (Fsp3) is 0.188. The number of aryl methyl sites for hydroxylation is 2. The van der Waals surface area contributed by atoms with Gasteiger partial charge in [0.15, 0.2) is 0 Å². The Kier molecular flexibility index (Phi) is 2.83. The zero-order valence-corrected chi connectivity index (χ0v) is 12.1. The first-order valence-corrected chi connectivity index (χ1v) is 7.64. The minimum atomic E-state index is 0.699. The molecule has 1 aromatic carbocycles. The van der Waals surface area contributed by atoms with Crippen LogP contribution in [0.2, 0.25) is 0 Å². The third-order valence-electron chi connectivity index (χ3n) is 3.75. The van der Waals surface area contributed by atoms with Gasteiger partial charge in [0.25, 0.3) is 0 Å². The van der Waals surface area contributed by atoms with Gasteiger partial charge in [0.05, 0.1) is 28.7 Å². The van der Waals surface area contributed by atoms with Crippen LogP contribution in [0, 0.1) is 11.3 Å². The van der Waals surface area contributed by atoms with Gasteiger partial charge in [-0.15, -0.1) is 11.3 Å². The molecule has 0 radical (unpaired) electrons. The number of aromatic nitrogens is 3. The van der Waals surface area contributed by atoms with Crippen LogP contribution in [0.5, 0.6) is 0 Å². The summed E-state index contributed by atoms with van der Waals surface area (Å²) in [7, 11) is 0. The van der Waals surface area contributed by atoms with Crippen molar-refractivity contribution >= 4 is 11.3 Å². The van der Waals surface area contributed by atoms with E-state index < -0.39 is 0 Å². The molecule has 1 aliphatic carbocycles. The maximum Gasteiger partial charge on any atom is 0.0994 e. The average molecular weight is 292 g/mol. The van der Waals surface area contributed by atoms with Gasteiger partial charge in [-0.05, 0) is 30.5 Å². The van der Waals surface area contributed by atoms with E-state index >= 15 is 0 Å². The number of rotatable bonds is 2. The number of benzene rings is 1. The average Bonchev–Trinajstić information content (AvgIpc) is 3.16. The minimum Gasteiger partial charge on any atom is -0.348 e. The first kappa shape index (κ1) is 12.3. The lowest BCUT2D eigenvalue weighted by Gasteiger charge is -2.14. The van der Waals surface area contributed by atoms with E-state index in [1.165, 1.54) is 10.4 Å². The van der Waals surface area contributed by atoms with E-state index in [0.29, 0.717) is 5.56 Å². The normalized spacial score (nSPS) is 12.5. The van der Waals surface area contributed by atoms with E-state index in [9.17, 15) is 0 Å². The Balaban J connectivity index is 1.76. The molecule has 2 aromatic heterocycles. The summed E-state index contributed by atoms with van der Waals surface area (Å²) in [6.45, 7) is 0. The molecule has 3 aromatic rings. The lowest BCUT2D eigenvalue weighted by Crippen LogP contribution is -2.02. The number of nitriles is 1.